The zero-order chi connectivity index (χ0) is 16.4. The number of hydrogen-bond donors (Lipinski definition) is 2. The normalized spacial score (nSPS) is 13.6. The minimum atomic E-state index is -0.360. The first kappa shape index (κ1) is 15.1. The average molecular weight is 326 g/mol. The van der Waals surface area contributed by atoms with Crippen molar-refractivity contribution >= 4 is 28.4 Å². The standard InChI is InChI=1S/C15H14N6OS/c1-9(23-15-20-17-8-21(15)2)13(22)10(7-16)14-18-11-5-3-4-6-12(11)19-14/h3-6,8-9,22H,1-2H3,(H,18,19)/t9-/m1/s1. The van der Waals surface area contributed by atoms with E-state index in [2.05, 4.69) is 20.2 Å². The first-order chi connectivity index (χ1) is 11.1. The smallest absolute Gasteiger partial charge is 0.191 e. The Morgan fingerprint density at radius 1 is 1.43 bits per heavy atom. The van der Waals surface area contributed by atoms with E-state index in [4.69, 9.17) is 0 Å². The van der Waals surface area contributed by atoms with Gasteiger partial charge in [-0.05, 0) is 19.1 Å². The largest absolute Gasteiger partial charge is 0.510 e. The second-order valence-corrected chi connectivity index (χ2v) is 6.27. The number of aromatic amines is 1. The number of thioether (sulfide) groups is 1. The summed E-state index contributed by atoms with van der Waals surface area (Å²) in [6, 6.07) is 9.50. The van der Waals surface area contributed by atoms with Gasteiger partial charge in [0, 0.05) is 7.05 Å². The predicted octanol–water partition coefficient (Wildman–Crippen LogP) is 2.66. The number of aryl methyl sites for hydroxylation is 1. The zero-order valence-electron chi connectivity index (χ0n) is 12.6. The van der Waals surface area contributed by atoms with Crippen LogP contribution in [0.1, 0.15) is 12.7 Å². The van der Waals surface area contributed by atoms with Gasteiger partial charge in [-0.3, -0.25) is 0 Å². The molecular weight excluding hydrogens is 312 g/mol. The van der Waals surface area contributed by atoms with Crippen molar-refractivity contribution in [3.8, 4) is 6.07 Å². The van der Waals surface area contributed by atoms with Gasteiger partial charge in [0.05, 0.1) is 16.3 Å². The van der Waals surface area contributed by atoms with Gasteiger partial charge in [0.2, 0.25) is 0 Å². The van der Waals surface area contributed by atoms with Gasteiger partial charge >= 0.3 is 0 Å². The Kier molecular flexibility index (Phi) is 4.04. The van der Waals surface area contributed by atoms with Crippen LogP contribution < -0.4 is 0 Å². The van der Waals surface area contributed by atoms with E-state index in [1.54, 1.807) is 17.8 Å². The first-order valence-corrected chi connectivity index (χ1v) is 7.77. The fraction of sp³-hybridized carbons (Fsp3) is 0.200. The van der Waals surface area contributed by atoms with Crippen LogP contribution >= 0.6 is 11.8 Å². The molecule has 3 aromatic rings. The van der Waals surface area contributed by atoms with Gasteiger partial charge in [0.15, 0.2) is 11.0 Å². The van der Waals surface area contributed by atoms with Crippen LogP contribution in [0.25, 0.3) is 16.6 Å². The van der Waals surface area contributed by atoms with E-state index in [9.17, 15) is 10.4 Å². The van der Waals surface area contributed by atoms with Gasteiger partial charge in [-0.1, -0.05) is 23.9 Å². The summed E-state index contributed by atoms with van der Waals surface area (Å²) >= 11 is 1.32. The van der Waals surface area contributed by atoms with Gasteiger partial charge in [-0.25, -0.2) is 4.98 Å². The second kappa shape index (κ2) is 6.14. The van der Waals surface area contributed by atoms with Crippen LogP contribution in [-0.2, 0) is 7.05 Å². The number of aliphatic hydroxyl groups is 1. The molecule has 1 aromatic carbocycles. The fourth-order valence-corrected chi connectivity index (χ4v) is 2.95. The molecule has 2 heterocycles. The quantitative estimate of drug-likeness (QED) is 0.434. The van der Waals surface area contributed by atoms with Crippen molar-refractivity contribution < 1.29 is 5.11 Å². The summed E-state index contributed by atoms with van der Waals surface area (Å²) in [4.78, 5) is 7.42. The number of para-hydroxylation sites is 2. The van der Waals surface area contributed by atoms with Crippen molar-refractivity contribution in [2.75, 3.05) is 0 Å². The highest BCUT2D eigenvalue weighted by Gasteiger charge is 2.20. The molecule has 0 fully saturated rings. The number of aliphatic hydroxyl groups excluding tert-OH is 1. The average Bonchev–Trinajstić information content (AvgIpc) is 3.14. The Morgan fingerprint density at radius 3 is 2.87 bits per heavy atom. The molecule has 2 aromatic heterocycles. The number of H-pyrrole nitrogens is 1. The molecule has 0 saturated heterocycles. The molecule has 0 aliphatic carbocycles. The van der Waals surface area contributed by atoms with Crippen molar-refractivity contribution in [2.45, 2.75) is 17.3 Å². The maximum atomic E-state index is 10.5. The third kappa shape index (κ3) is 2.91. The Labute approximate surface area is 136 Å². The molecule has 1 atom stereocenters. The number of hydrogen-bond acceptors (Lipinski definition) is 6. The lowest BCUT2D eigenvalue weighted by Crippen LogP contribution is -2.06. The summed E-state index contributed by atoms with van der Waals surface area (Å²) in [5.74, 6) is 0.316. The number of nitrogens with one attached hydrogen (secondary N) is 1. The molecule has 0 aliphatic heterocycles. The van der Waals surface area contributed by atoms with E-state index >= 15 is 0 Å². The second-order valence-electron chi connectivity index (χ2n) is 4.96. The minimum absolute atomic E-state index is 0.0421. The Hall–Kier alpha value is -2.79. The van der Waals surface area contributed by atoms with Crippen LogP contribution in [0.4, 0.5) is 0 Å². The van der Waals surface area contributed by atoms with E-state index in [0.717, 1.165) is 11.0 Å². The van der Waals surface area contributed by atoms with Crippen molar-refractivity contribution in [2.24, 2.45) is 7.05 Å². The van der Waals surface area contributed by atoms with Crippen LogP contribution in [0.3, 0.4) is 0 Å². The molecule has 0 saturated carbocycles. The van der Waals surface area contributed by atoms with Gasteiger partial charge in [-0.2, -0.15) is 5.26 Å². The third-order valence-electron chi connectivity index (χ3n) is 3.33. The molecule has 3 rings (SSSR count). The lowest BCUT2D eigenvalue weighted by Gasteiger charge is -2.10. The molecule has 23 heavy (non-hydrogen) atoms. The summed E-state index contributed by atoms with van der Waals surface area (Å²) in [5.41, 5.74) is 1.69. The van der Waals surface area contributed by atoms with Crippen molar-refractivity contribution in [1.29, 1.82) is 5.26 Å². The van der Waals surface area contributed by atoms with Crippen molar-refractivity contribution in [3.05, 3.63) is 42.2 Å². The molecule has 2 N–H and O–H groups in total. The molecule has 8 heteroatoms. The van der Waals surface area contributed by atoms with Crippen molar-refractivity contribution in [1.82, 2.24) is 24.7 Å². The monoisotopic (exact) mass is 326 g/mol. The molecule has 0 radical (unpaired) electrons. The topological polar surface area (TPSA) is 103 Å². The molecule has 0 spiro atoms. The highest BCUT2D eigenvalue weighted by atomic mass is 32.2. The van der Waals surface area contributed by atoms with Gasteiger partial charge in [0.1, 0.15) is 23.7 Å². The zero-order valence-corrected chi connectivity index (χ0v) is 13.4. The SMILES string of the molecule is C[C@@H](Sc1nncn1C)C(O)=C(C#N)c1nc2ccccc2[nH]1. The van der Waals surface area contributed by atoms with Crippen LogP contribution in [-0.4, -0.2) is 35.1 Å². The first-order valence-electron chi connectivity index (χ1n) is 6.89. The third-order valence-corrected chi connectivity index (χ3v) is 4.49. The molecule has 0 unspecified atom stereocenters. The summed E-state index contributed by atoms with van der Waals surface area (Å²) in [7, 11) is 1.82. The van der Waals surface area contributed by atoms with E-state index in [0.29, 0.717) is 11.0 Å². The molecular formula is C15H14N6OS. The van der Waals surface area contributed by atoms with Crippen LogP contribution in [0, 0.1) is 11.3 Å². The number of allylic oxidation sites excluding steroid dienone is 1. The number of rotatable bonds is 4. The number of aromatic nitrogens is 5. The van der Waals surface area contributed by atoms with Gasteiger partial charge < -0.3 is 14.7 Å². The maximum Gasteiger partial charge on any atom is 0.191 e. The van der Waals surface area contributed by atoms with Crippen molar-refractivity contribution in [3.63, 3.8) is 0 Å². The highest BCUT2D eigenvalue weighted by molar-refractivity contribution is 7.99. The summed E-state index contributed by atoms with van der Waals surface area (Å²) in [6.07, 6.45) is 1.58. The van der Waals surface area contributed by atoms with Gasteiger partial charge in [0.25, 0.3) is 0 Å². The van der Waals surface area contributed by atoms with E-state index in [-0.39, 0.29) is 16.6 Å². The molecule has 7 nitrogen and oxygen atoms in total. The fourth-order valence-electron chi connectivity index (χ4n) is 2.10. The number of benzene rings is 1. The van der Waals surface area contributed by atoms with E-state index < -0.39 is 0 Å². The minimum Gasteiger partial charge on any atom is -0.510 e. The Bertz CT molecular complexity index is 886. The Morgan fingerprint density at radius 2 is 2.22 bits per heavy atom. The predicted molar refractivity (Wildman–Crippen MR) is 87.6 cm³/mol. The van der Waals surface area contributed by atoms with E-state index in [1.807, 2.05) is 37.4 Å². The van der Waals surface area contributed by atoms with Crippen LogP contribution in [0.2, 0.25) is 0 Å². The number of fused-ring (bicyclic) bond motifs is 1. The maximum absolute atomic E-state index is 10.5. The lowest BCUT2D eigenvalue weighted by atomic mass is 10.2. The van der Waals surface area contributed by atoms with Crippen LogP contribution in [0.15, 0.2) is 41.5 Å². The van der Waals surface area contributed by atoms with Crippen LogP contribution in [0.5, 0.6) is 0 Å². The molecule has 0 aliphatic rings. The number of imidazole rings is 1. The number of nitriles is 1. The molecule has 0 amide bonds. The molecule has 116 valence electrons. The van der Waals surface area contributed by atoms with E-state index in [1.165, 1.54) is 11.8 Å². The number of nitrogens with zero attached hydrogens (tertiary/aromatic N) is 5. The van der Waals surface area contributed by atoms with Gasteiger partial charge in [-0.15, -0.1) is 10.2 Å². The summed E-state index contributed by atoms with van der Waals surface area (Å²) in [5, 5.41) is 28.0. The molecule has 0 bridgehead atoms. The summed E-state index contributed by atoms with van der Waals surface area (Å²) in [6.45, 7) is 1.80. The Balaban J connectivity index is 1.95. The highest BCUT2D eigenvalue weighted by Crippen LogP contribution is 2.29. The summed E-state index contributed by atoms with van der Waals surface area (Å²) < 4.78 is 1.75. The lowest BCUT2D eigenvalue weighted by molar-refractivity contribution is 0.401.